The molecular formula is C15H30N2O4. The zero-order chi connectivity index (χ0) is 16.1. The summed E-state index contributed by atoms with van der Waals surface area (Å²) in [4.78, 5) is 22.0. The fraction of sp³-hybridized carbons (Fsp3) is 0.867. The molecule has 0 aliphatic rings. The fourth-order valence-electron chi connectivity index (χ4n) is 1.95. The summed E-state index contributed by atoms with van der Waals surface area (Å²) in [6, 6.07) is -0.819. The van der Waals surface area contributed by atoms with Gasteiger partial charge in [0.25, 0.3) is 0 Å². The van der Waals surface area contributed by atoms with Gasteiger partial charge in [0.15, 0.2) is 0 Å². The molecule has 4 N–H and O–H groups in total. The van der Waals surface area contributed by atoms with Gasteiger partial charge in [-0.15, -0.1) is 0 Å². The van der Waals surface area contributed by atoms with Crippen LogP contribution in [0.25, 0.3) is 0 Å². The number of unbranched alkanes of at least 4 members (excludes halogenated alkanes) is 4. The Kier molecular flexibility index (Phi) is 11.7. The van der Waals surface area contributed by atoms with E-state index < -0.39 is 18.1 Å². The highest BCUT2D eigenvalue weighted by Gasteiger charge is 2.11. The third-order valence-corrected chi connectivity index (χ3v) is 3.30. The second-order valence-corrected chi connectivity index (χ2v) is 5.43. The molecule has 0 aliphatic carbocycles. The average Bonchev–Trinajstić information content (AvgIpc) is 2.42. The molecule has 0 aromatic heterocycles. The lowest BCUT2D eigenvalue weighted by Crippen LogP contribution is -2.31. The normalized spacial score (nSPS) is 13.5. The third kappa shape index (κ3) is 12.2. The van der Waals surface area contributed by atoms with Crippen LogP contribution in [-0.4, -0.2) is 35.9 Å². The van der Waals surface area contributed by atoms with Crippen molar-refractivity contribution < 1.29 is 19.4 Å². The summed E-state index contributed by atoms with van der Waals surface area (Å²) in [6.45, 7) is 4.54. The van der Waals surface area contributed by atoms with Crippen molar-refractivity contribution in [2.45, 2.75) is 77.4 Å². The Hall–Kier alpha value is -1.30. The molecular weight excluding hydrogens is 272 g/mol. The van der Waals surface area contributed by atoms with Crippen molar-refractivity contribution in [3.8, 4) is 0 Å². The smallest absolute Gasteiger partial charge is 0.407 e. The molecule has 0 fully saturated rings. The molecule has 0 heterocycles. The van der Waals surface area contributed by atoms with Crippen LogP contribution in [0.1, 0.15) is 65.2 Å². The highest BCUT2D eigenvalue weighted by atomic mass is 16.6. The maximum atomic E-state index is 11.5. The van der Waals surface area contributed by atoms with E-state index in [1.807, 2.05) is 6.92 Å². The first-order valence-corrected chi connectivity index (χ1v) is 7.90. The van der Waals surface area contributed by atoms with Gasteiger partial charge in [-0.05, 0) is 39.0 Å². The van der Waals surface area contributed by atoms with E-state index in [2.05, 4.69) is 12.2 Å². The molecule has 124 valence electrons. The molecule has 0 spiro atoms. The molecule has 1 amide bonds. The van der Waals surface area contributed by atoms with E-state index in [-0.39, 0.29) is 6.10 Å². The number of ether oxygens (including phenoxy) is 1. The summed E-state index contributed by atoms with van der Waals surface area (Å²) in [5.74, 6) is -0.987. The van der Waals surface area contributed by atoms with E-state index in [9.17, 15) is 9.59 Å². The van der Waals surface area contributed by atoms with Gasteiger partial charge in [0, 0.05) is 6.54 Å². The van der Waals surface area contributed by atoms with Gasteiger partial charge >= 0.3 is 12.1 Å². The van der Waals surface area contributed by atoms with E-state index in [4.69, 9.17) is 15.6 Å². The Labute approximate surface area is 127 Å². The Morgan fingerprint density at radius 3 is 2.43 bits per heavy atom. The van der Waals surface area contributed by atoms with Crippen molar-refractivity contribution in [2.75, 3.05) is 6.54 Å². The number of carbonyl (C=O) groups excluding carboxylic acids is 1. The highest BCUT2D eigenvalue weighted by molar-refractivity contribution is 5.72. The van der Waals surface area contributed by atoms with Gasteiger partial charge in [-0.2, -0.15) is 0 Å². The molecule has 0 rings (SSSR count). The van der Waals surface area contributed by atoms with Gasteiger partial charge in [0.2, 0.25) is 0 Å². The topological polar surface area (TPSA) is 102 Å². The fourth-order valence-corrected chi connectivity index (χ4v) is 1.95. The predicted molar refractivity (Wildman–Crippen MR) is 82.2 cm³/mol. The SMILES string of the molecule is CCCCCCC(C)OC(=O)NCCCC[C@H](N)C(=O)O. The number of carboxylic acids is 1. The highest BCUT2D eigenvalue weighted by Crippen LogP contribution is 2.08. The first-order valence-electron chi connectivity index (χ1n) is 7.90. The van der Waals surface area contributed by atoms with Gasteiger partial charge in [0.1, 0.15) is 12.1 Å². The minimum atomic E-state index is -0.987. The predicted octanol–water partition coefficient (Wildman–Crippen LogP) is 2.65. The van der Waals surface area contributed by atoms with Gasteiger partial charge < -0.3 is 20.9 Å². The second-order valence-electron chi connectivity index (χ2n) is 5.43. The molecule has 6 heteroatoms. The van der Waals surface area contributed by atoms with Crippen molar-refractivity contribution in [2.24, 2.45) is 5.73 Å². The monoisotopic (exact) mass is 302 g/mol. The number of nitrogens with one attached hydrogen (secondary N) is 1. The van der Waals surface area contributed by atoms with Crippen LogP contribution in [0.2, 0.25) is 0 Å². The Balaban J connectivity index is 3.51. The van der Waals surface area contributed by atoms with E-state index >= 15 is 0 Å². The Morgan fingerprint density at radius 1 is 1.14 bits per heavy atom. The molecule has 0 aliphatic heterocycles. The van der Waals surface area contributed by atoms with Crippen molar-refractivity contribution in [3.63, 3.8) is 0 Å². The lowest BCUT2D eigenvalue weighted by Gasteiger charge is -2.14. The molecule has 2 atom stereocenters. The summed E-state index contributed by atoms with van der Waals surface area (Å²) >= 11 is 0. The van der Waals surface area contributed by atoms with Crippen LogP contribution in [0, 0.1) is 0 Å². The largest absolute Gasteiger partial charge is 0.480 e. The number of alkyl carbamates (subject to hydrolysis) is 1. The maximum Gasteiger partial charge on any atom is 0.407 e. The van der Waals surface area contributed by atoms with Crippen molar-refractivity contribution in [3.05, 3.63) is 0 Å². The molecule has 21 heavy (non-hydrogen) atoms. The van der Waals surface area contributed by atoms with Crippen LogP contribution in [0.15, 0.2) is 0 Å². The number of carboxylic acid groups (broad SMARTS) is 1. The van der Waals surface area contributed by atoms with Gasteiger partial charge in [0.05, 0.1) is 0 Å². The lowest BCUT2D eigenvalue weighted by molar-refractivity contribution is -0.138. The standard InChI is InChI=1S/C15H30N2O4/c1-3-4-5-6-9-12(2)21-15(20)17-11-8-7-10-13(16)14(18)19/h12-13H,3-11,16H2,1-2H3,(H,17,20)(H,18,19)/t12?,13-/m0/s1. The minimum absolute atomic E-state index is 0.0673. The maximum absolute atomic E-state index is 11.5. The first kappa shape index (κ1) is 19.7. The number of rotatable bonds is 12. The molecule has 0 bridgehead atoms. The van der Waals surface area contributed by atoms with Crippen molar-refractivity contribution in [1.29, 1.82) is 0 Å². The minimum Gasteiger partial charge on any atom is -0.480 e. The number of hydrogen-bond acceptors (Lipinski definition) is 4. The molecule has 0 aromatic carbocycles. The van der Waals surface area contributed by atoms with Crippen LogP contribution in [0.4, 0.5) is 4.79 Å². The summed E-state index contributed by atoms with van der Waals surface area (Å²) in [5, 5.41) is 11.3. The number of amides is 1. The van der Waals surface area contributed by atoms with Gasteiger partial charge in [-0.1, -0.05) is 26.2 Å². The Bertz CT molecular complexity index is 297. The second kappa shape index (κ2) is 12.4. The van der Waals surface area contributed by atoms with Crippen LogP contribution in [0.3, 0.4) is 0 Å². The van der Waals surface area contributed by atoms with Crippen LogP contribution >= 0.6 is 0 Å². The number of hydrogen-bond donors (Lipinski definition) is 3. The molecule has 1 unspecified atom stereocenters. The average molecular weight is 302 g/mol. The summed E-state index contributed by atoms with van der Waals surface area (Å²) in [7, 11) is 0. The van der Waals surface area contributed by atoms with Crippen molar-refractivity contribution >= 4 is 12.1 Å². The Morgan fingerprint density at radius 2 is 1.81 bits per heavy atom. The summed E-state index contributed by atoms with van der Waals surface area (Å²) in [5.41, 5.74) is 5.38. The molecule has 0 aromatic rings. The van der Waals surface area contributed by atoms with Crippen LogP contribution in [0.5, 0.6) is 0 Å². The number of aliphatic carboxylic acids is 1. The first-order chi connectivity index (χ1) is 9.97. The molecule has 0 saturated carbocycles. The quantitative estimate of drug-likeness (QED) is 0.481. The van der Waals surface area contributed by atoms with E-state index in [0.717, 1.165) is 12.8 Å². The van der Waals surface area contributed by atoms with Crippen LogP contribution < -0.4 is 11.1 Å². The van der Waals surface area contributed by atoms with E-state index in [0.29, 0.717) is 25.8 Å². The molecule has 6 nitrogen and oxygen atoms in total. The van der Waals surface area contributed by atoms with Crippen LogP contribution in [-0.2, 0) is 9.53 Å². The zero-order valence-electron chi connectivity index (χ0n) is 13.3. The third-order valence-electron chi connectivity index (χ3n) is 3.30. The van der Waals surface area contributed by atoms with E-state index in [1.165, 1.54) is 19.3 Å². The number of nitrogens with two attached hydrogens (primary N) is 1. The molecule has 0 radical (unpaired) electrons. The lowest BCUT2D eigenvalue weighted by atomic mass is 10.1. The van der Waals surface area contributed by atoms with E-state index in [1.54, 1.807) is 0 Å². The van der Waals surface area contributed by atoms with Gasteiger partial charge in [-0.3, -0.25) is 4.79 Å². The molecule has 0 saturated heterocycles. The summed E-state index contributed by atoms with van der Waals surface area (Å²) < 4.78 is 5.23. The number of carbonyl (C=O) groups is 2. The van der Waals surface area contributed by atoms with Gasteiger partial charge in [-0.25, -0.2) is 4.79 Å². The summed E-state index contributed by atoms with van der Waals surface area (Å²) in [6.07, 6.45) is 6.87. The van der Waals surface area contributed by atoms with Crippen molar-refractivity contribution in [1.82, 2.24) is 5.32 Å². The zero-order valence-corrected chi connectivity index (χ0v) is 13.3.